The molecular weight excluding hydrogens is 358 g/mol. The van der Waals surface area contributed by atoms with Gasteiger partial charge in [-0.1, -0.05) is 67.8 Å². The SMILES string of the molecule is Cc1ncnc(N)c1/C(=C\CC1CCC1)c1cccc(OCc2ccccc2)c1. The number of benzene rings is 2. The Hall–Kier alpha value is -3.14. The molecule has 0 unspecified atom stereocenters. The van der Waals surface area contributed by atoms with Crippen molar-refractivity contribution in [3.05, 3.63) is 89.4 Å². The predicted molar refractivity (Wildman–Crippen MR) is 117 cm³/mol. The zero-order chi connectivity index (χ0) is 20.1. The van der Waals surface area contributed by atoms with Crippen molar-refractivity contribution in [2.75, 3.05) is 5.73 Å². The number of aromatic nitrogens is 2. The van der Waals surface area contributed by atoms with Crippen molar-refractivity contribution in [3.63, 3.8) is 0 Å². The summed E-state index contributed by atoms with van der Waals surface area (Å²) in [7, 11) is 0. The van der Waals surface area contributed by atoms with Gasteiger partial charge in [-0.3, -0.25) is 0 Å². The van der Waals surface area contributed by atoms with E-state index in [1.807, 2.05) is 37.3 Å². The molecule has 4 rings (SSSR count). The molecule has 29 heavy (non-hydrogen) atoms. The Kier molecular flexibility index (Phi) is 5.89. The fraction of sp³-hybridized carbons (Fsp3) is 0.280. The summed E-state index contributed by atoms with van der Waals surface area (Å²) in [5.41, 5.74) is 11.4. The van der Waals surface area contributed by atoms with Crippen molar-refractivity contribution >= 4 is 11.4 Å². The average Bonchev–Trinajstić information content (AvgIpc) is 2.70. The molecule has 1 heterocycles. The summed E-state index contributed by atoms with van der Waals surface area (Å²) in [4.78, 5) is 8.62. The summed E-state index contributed by atoms with van der Waals surface area (Å²) in [5.74, 6) is 2.13. The maximum Gasteiger partial charge on any atom is 0.134 e. The van der Waals surface area contributed by atoms with E-state index in [1.165, 1.54) is 25.6 Å². The maximum atomic E-state index is 6.26. The Bertz CT molecular complexity index is 974. The number of nitrogens with zero attached hydrogens (tertiary/aromatic N) is 2. The van der Waals surface area contributed by atoms with E-state index in [0.29, 0.717) is 12.4 Å². The number of ether oxygens (including phenoxy) is 1. The van der Waals surface area contributed by atoms with Crippen LogP contribution in [-0.4, -0.2) is 9.97 Å². The molecule has 0 atom stereocenters. The highest BCUT2D eigenvalue weighted by atomic mass is 16.5. The van der Waals surface area contributed by atoms with Crippen LogP contribution in [-0.2, 0) is 6.61 Å². The minimum absolute atomic E-state index is 0.521. The molecule has 4 heteroatoms. The van der Waals surface area contributed by atoms with Gasteiger partial charge in [-0.2, -0.15) is 0 Å². The summed E-state index contributed by atoms with van der Waals surface area (Å²) in [6.45, 7) is 2.53. The van der Waals surface area contributed by atoms with E-state index < -0.39 is 0 Å². The first-order chi connectivity index (χ1) is 14.2. The Balaban J connectivity index is 1.63. The number of aryl methyl sites for hydroxylation is 1. The van der Waals surface area contributed by atoms with Crippen LogP contribution in [0.4, 0.5) is 5.82 Å². The number of allylic oxidation sites excluding steroid dienone is 1. The molecule has 3 aromatic rings. The lowest BCUT2D eigenvalue weighted by atomic mass is 9.82. The van der Waals surface area contributed by atoms with Crippen LogP contribution in [0.1, 0.15) is 48.1 Å². The van der Waals surface area contributed by atoms with E-state index in [2.05, 4.69) is 40.3 Å². The van der Waals surface area contributed by atoms with E-state index in [0.717, 1.165) is 46.0 Å². The smallest absolute Gasteiger partial charge is 0.134 e. The van der Waals surface area contributed by atoms with E-state index in [4.69, 9.17) is 10.5 Å². The van der Waals surface area contributed by atoms with Crippen LogP contribution in [0, 0.1) is 12.8 Å². The second-order valence-electron chi connectivity index (χ2n) is 7.67. The van der Waals surface area contributed by atoms with Crippen LogP contribution in [0.25, 0.3) is 5.57 Å². The van der Waals surface area contributed by atoms with E-state index in [-0.39, 0.29) is 0 Å². The first-order valence-electron chi connectivity index (χ1n) is 10.3. The number of anilines is 1. The summed E-state index contributed by atoms with van der Waals surface area (Å²) in [6, 6.07) is 18.4. The molecule has 0 aliphatic heterocycles. The Morgan fingerprint density at radius 2 is 1.93 bits per heavy atom. The van der Waals surface area contributed by atoms with Gasteiger partial charge in [-0.25, -0.2) is 9.97 Å². The van der Waals surface area contributed by atoms with Gasteiger partial charge < -0.3 is 10.5 Å². The van der Waals surface area contributed by atoms with Crippen LogP contribution >= 0.6 is 0 Å². The number of nitrogens with two attached hydrogens (primary N) is 1. The highest BCUT2D eigenvalue weighted by Gasteiger charge is 2.19. The number of hydrogen-bond acceptors (Lipinski definition) is 4. The van der Waals surface area contributed by atoms with Gasteiger partial charge in [0.05, 0.1) is 5.69 Å². The highest BCUT2D eigenvalue weighted by Crippen LogP contribution is 2.35. The van der Waals surface area contributed by atoms with Gasteiger partial charge in [-0.15, -0.1) is 0 Å². The van der Waals surface area contributed by atoms with Crippen LogP contribution in [0.5, 0.6) is 5.75 Å². The van der Waals surface area contributed by atoms with Crippen LogP contribution in [0.15, 0.2) is 67.0 Å². The lowest BCUT2D eigenvalue weighted by Crippen LogP contribution is -2.10. The first kappa shape index (κ1) is 19.2. The molecule has 0 radical (unpaired) electrons. The molecular formula is C25H27N3O. The number of nitrogen functional groups attached to an aromatic ring is 1. The largest absolute Gasteiger partial charge is 0.489 e. The third-order valence-corrected chi connectivity index (χ3v) is 5.61. The van der Waals surface area contributed by atoms with Crippen LogP contribution < -0.4 is 10.5 Å². The van der Waals surface area contributed by atoms with Crippen molar-refractivity contribution < 1.29 is 4.74 Å². The van der Waals surface area contributed by atoms with Crippen LogP contribution in [0.3, 0.4) is 0 Å². The van der Waals surface area contributed by atoms with Gasteiger partial charge in [0.25, 0.3) is 0 Å². The van der Waals surface area contributed by atoms with Crippen molar-refractivity contribution in [3.8, 4) is 5.75 Å². The molecule has 0 spiro atoms. The lowest BCUT2D eigenvalue weighted by Gasteiger charge is -2.24. The second kappa shape index (κ2) is 8.91. The van der Waals surface area contributed by atoms with E-state index in [9.17, 15) is 0 Å². The standard InChI is InChI=1S/C25H27N3O/c1-18-24(25(26)28-17-27-18)23(14-13-19-9-5-10-19)21-11-6-12-22(15-21)29-16-20-7-3-2-4-8-20/h2-4,6-8,11-12,14-15,17,19H,5,9-10,13,16H2,1H3,(H2,26,27,28)/b23-14-. The van der Waals surface area contributed by atoms with Gasteiger partial charge in [-0.05, 0) is 48.1 Å². The number of hydrogen-bond donors (Lipinski definition) is 1. The molecule has 0 bridgehead atoms. The van der Waals surface area contributed by atoms with Crippen molar-refractivity contribution in [2.24, 2.45) is 5.92 Å². The Morgan fingerprint density at radius 3 is 2.66 bits per heavy atom. The summed E-state index contributed by atoms with van der Waals surface area (Å²) >= 11 is 0. The monoisotopic (exact) mass is 385 g/mol. The second-order valence-corrected chi connectivity index (χ2v) is 7.67. The Morgan fingerprint density at radius 1 is 1.10 bits per heavy atom. The lowest BCUT2D eigenvalue weighted by molar-refractivity contribution is 0.306. The minimum atomic E-state index is 0.521. The normalized spacial score (nSPS) is 14.4. The molecule has 2 N–H and O–H groups in total. The van der Waals surface area contributed by atoms with Gasteiger partial charge >= 0.3 is 0 Å². The average molecular weight is 386 g/mol. The Labute approximate surface area is 172 Å². The summed E-state index contributed by atoms with van der Waals surface area (Å²) in [6.07, 6.45) is 8.84. The van der Waals surface area contributed by atoms with Crippen LogP contribution in [0.2, 0.25) is 0 Å². The third kappa shape index (κ3) is 4.65. The van der Waals surface area contributed by atoms with Crippen molar-refractivity contribution in [1.29, 1.82) is 0 Å². The minimum Gasteiger partial charge on any atom is -0.489 e. The summed E-state index contributed by atoms with van der Waals surface area (Å²) in [5, 5.41) is 0. The van der Waals surface area contributed by atoms with Crippen molar-refractivity contribution in [1.82, 2.24) is 9.97 Å². The highest BCUT2D eigenvalue weighted by molar-refractivity contribution is 5.85. The fourth-order valence-electron chi connectivity index (χ4n) is 3.70. The number of rotatable bonds is 7. The predicted octanol–water partition coefficient (Wildman–Crippen LogP) is 5.57. The van der Waals surface area contributed by atoms with Gasteiger partial charge in [0, 0.05) is 5.56 Å². The molecule has 0 saturated heterocycles. The molecule has 1 aromatic heterocycles. The topological polar surface area (TPSA) is 61.0 Å². The molecule has 1 aliphatic rings. The van der Waals surface area contributed by atoms with E-state index >= 15 is 0 Å². The van der Waals surface area contributed by atoms with Crippen molar-refractivity contribution in [2.45, 2.75) is 39.2 Å². The van der Waals surface area contributed by atoms with Gasteiger partial charge in [0.2, 0.25) is 0 Å². The molecule has 0 amide bonds. The molecule has 1 aliphatic carbocycles. The van der Waals surface area contributed by atoms with Gasteiger partial charge in [0.1, 0.15) is 24.5 Å². The zero-order valence-electron chi connectivity index (χ0n) is 16.8. The fourth-order valence-corrected chi connectivity index (χ4v) is 3.70. The summed E-state index contributed by atoms with van der Waals surface area (Å²) < 4.78 is 6.05. The molecule has 1 fully saturated rings. The van der Waals surface area contributed by atoms with E-state index in [1.54, 1.807) is 0 Å². The molecule has 2 aromatic carbocycles. The first-order valence-corrected chi connectivity index (χ1v) is 10.3. The molecule has 148 valence electrons. The van der Waals surface area contributed by atoms with Gasteiger partial charge in [0.15, 0.2) is 0 Å². The molecule has 1 saturated carbocycles. The maximum absolute atomic E-state index is 6.26. The molecule has 4 nitrogen and oxygen atoms in total. The quantitative estimate of drug-likeness (QED) is 0.578. The zero-order valence-corrected chi connectivity index (χ0v) is 16.8. The third-order valence-electron chi connectivity index (χ3n) is 5.61.